The van der Waals surface area contributed by atoms with E-state index in [1.165, 1.54) is 0 Å². The first-order valence-electron chi connectivity index (χ1n) is 9.14. The molecule has 1 aromatic carbocycles. The highest BCUT2D eigenvalue weighted by atomic mass is 16.5. The molecule has 2 aliphatic rings. The van der Waals surface area contributed by atoms with Gasteiger partial charge in [-0.2, -0.15) is 0 Å². The summed E-state index contributed by atoms with van der Waals surface area (Å²) in [6, 6.07) is 1.59. The van der Waals surface area contributed by atoms with Crippen molar-refractivity contribution in [3.05, 3.63) is 45.3 Å². The fraction of sp³-hybridized carbons (Fsp3) is 0.409. The molecule has 0 amide bonds. The third kappa shape index (κ3) is 2.64. The van der Waals surface area contributed by atoms with Gasteiger partial charge in [-0.3, -0.25) is 0 Å². The second-order valence-corrected chi connectivity index (χ2v) is 8.11. The lowest BCUT2D eigenvalue weighted by Gasteiger charge is -2.34. The van der Waals surface area contributed by atoms with Crippen LogP contribution in [-0.4, -0.2) is 11.2 Å². The number of ether oxygens (including phenoxy) is 2. The van der Waals surface area contributed by atoms with Gasteiger partial charge >= 0.3 is 5.63 Å². The van der Waals surface area contributed by atoms with E-state index < -0.39 is 11.2 Å². The number of hydrogen-bond donors (Lipinski definition) is 0. The van der Waals surface area contributed by atoms with Gasteiger partial charge in [0, 0.05) is 6.07 Å². The van der Waals surface area contributed by atoms with Gasteiger partial charge in [0.2, 0.25) is 0 Å². The van der Waals surface area contributed by atoms with Crippen LogP contribution in [0.15, 0.2) is 27.4 Å². The lowest BCUT2D eigenvalue weighted by Crippen LogP contribution is -2.31. The highest BCUT2D eigenvalue weighted by Crippen LogP contribution is 2.49. The molecule has 1 aromatic heterocycles. The van der Waals surface area contributed by atoms with Crippen LogP contribution >= 0.6 is 0 Å². The number of benzene rings is 1. The van der Waals surface area contributed by atoms with Crippen LogP contribution in [0, 0.1) is 0 Å². The first-order valence-corrected chi connectivity index (χ1v) is 9.14. The highest BCUT2D eigenvalue weighted by Gasteiger charge is 2.34. The predicted octanol–water partition coefficient (Wildman–Crippen LogP) is 5.11. The molecule has 2 aliphatic heterocycles. The fourth-order valence-electron chi connectivity index (χ4n) is 3.61. The van der Waals surface area contributed by atoms with Gasteiger partial charge in [0.25, 0.3) is 0 Å². The Kier molecular flexibility index (Phi) is 3.59. The zero-order valence-electron chi connectivity index (χ0n) is 15.9. The molecule has 4 heteroatoms. The van der Waals surface area contributed by atoms with Crippen molar-refractivity contribution in [3.8, 4) is 11.5 Å². The van der Waals surface area contributed by atoms with Gasteiger partial charge in [-0.25, -0.2) is 4.79 Å². The van der Waals surface area contributed by atoms with Crippen LogP contribution in [0.3, 0.4) is 0 Å². The molecule has 0 atom stereocenters. The summed E-state index contributed by atoms with van der Waals surface area (Å²) in [7, 11) is 0. The molecule has 0 radical (unpaired) electrons. The Hall–Kier alpha value is -2.49. The van der Waals surface area contributed by atoms with E-state index in [0.29, 0.717) is 11.3 Å². The molecule has 2 aromatic rings. The summed E-state index contributed by atoms with van der Waals surface area (Å²) >= 11 is 0. The van der Waals surface area contributed by atoms with Crippen LogP contribution in [0.25, 0.3) is 23.1 Å². The highest BCUT2D eigenvalue weighted by molar-refractivity contribution is 6.00. The molecule has 26 heavy (non-hydrogen) atoms. The van der Waals surface area contributed by atoms with Gasteiger partial charge in [-0.1, -0.05) is 13.3 Å². The summed E-state index contributed by atoms with van der Waals surface area (Å²) in [4.78, 5) is 12.2. The minimum Gasteiger partial charge on any atom is -0.482 e. The summed E-state index contributed by atoms with van der Waals surface area (Å²) in [5.41, 5.74) is 2.02. The van der Waals surface area contributed by atoms with Crippen molar-refractivity contribution in [1.29, 1.82) is 0 Å². The molecule has 4 rings (SSSR count). The average molecular weight is 352 g/mol. The molecule has 0 spiro atoms. The lowest BCUT2D eigenvalue weighted by molar-refractivity contribution is 0.147. The fourth-order valence-corrected chi connectivity index (χ4v) is 3.61. The quantitative estimate of drug-likeness (QED) is 0.704. The van der Waals surface area contributed by atoms with Gasteiger partial charge in [0.05, 0.1) is 16.5 Å². The van der Waals surface area contributed by atoms with Crippen molar-refractivity contribution >= 4 is 23.1 Å². The van der Waals surface area contributed by atoms with E-state index in [-0.39, 0.29) is 5.63 Å². The maximum Gasteiger partial charge on any atom is 0.336 e. The smallest absolute Gasteiger partial charge is 0.336 e. The van der Waals surface area contributed by atoms with Crippen LogP contribution in [0.5, 0.6) is 11.5 Å². The molecule has 0 bridgehead atoms. The molecule has 4 nitrogen and oxygen atoms in total. The molecule has 0 saturated heterocycles. The third-order valence-corrected chi connectivity index (χ3v) is 4.80. The van der Waals surface area contributed by atoms with E-state index in [0.717, 1.165) is 40.7 Å². The Bertz CT molecular complexity index is 1020. The van der Waals surface area contributed by atoms with Gasteiger partial charge in [-0.05, 0) is 64.0 Å². The normalized spacial score (nSPS) is 18.8. The van der Waals surface area contributed by atoms with E-state index >= 15 is 0 Å². The Balaban J connectivity index is 2.16. The molecule has 0 N–H and O–H groups in total. The molecular formula is C22H24O4. The van der Waals surface area contributed by atoms with Crippen molar-refractivity contribution in [1.82, 2.24) is 0 Å². The van der Waals surface area contributed by atoms with Crippen molar-refractivity contribution < 1.29 is 13.9 Å². The van der Waals surface area contributed by atoms with E-state index in [2.05, 4.69) is 13.0 Å². The average Bonchev–Trinajstić information content (AvgIpc) is 2.52. The van der Waals surface area contributed by atoms with E-state index in [9.17, 15) is 4.79 Å². The van der Waals surface area contributed by atoms with Crippen LogP contribution < -0.4 is 15.1 Å². The summed E-state index contributed by atoms with van der Waals surface area (Å²) in [6.45, 7) is 10.1. The van der Waals surface area contributed by atoms with Crippen LogP contribution in [0.1, 0.15) is 57.7 Å². The molecule has 0 fully saturated rings. The van der Waals surface area contributed by atoms with Crippen molar-refractivity contribution in [3.63, 3.8) is 0 Å². The third-order valence-electron chi connectivity index (χ3n) is 4.80. The Labute approximate surface area is 153 Å². The van der Waals surface area contributed by atoms with Crippen LogP contribution in [0.2, 0.25) is 0 Å². The van der Waals surface area contributed by atoms with Gasteiger partial charge < -0.3 is 13.9 Å². The van der Waals surface area contributed by atoms with Gasteiger partial charge in [-0.15, -0.1) is 0 Å². The summed E-state index contributed by atoms with van der Waals surface area (Å²) in [6.07, 6.45) is 9.81. The first kappa shape index (κ1) is 17.0. The summed E-state index contributed by atoms with van der Waals surface area (Å²) in [5.74, 6) is 1.45. The van der Waals surface area contributed by atoms with E-state index in [1.54, 1.807) is 6.07 Å². The topological polar surface area (TPSA) is 48.7 Å². The van der Waals surface area contributed by atoms with Crippen molar-refractivity contribution in [2.45, 2.75) is 58.7 Å². The zero-order valence-corrected chi connectivity index (χ0v) is 15.9. The first-order chi connectivity index (χ1) is 12.2. The minimum absolute atomic E-state index is 0.341. The molecule has 136 valence electrons. The Morgan fingerprint density at radius 2 is 1.54 bits per heavy atom. The van der Waals surface area contributed by atoms with E-state index in [4.69, 9.17) is 13.9 Å². The monoisotopic (exact) mass is 352 g/mol. The molecule has 3 heterocycles. The predicted molar refractivity (Wildman–Crippen MR) is 104 cm³/mol. The molecular weight excluding hydrogens is 328 g/mol. The molecule has 0 aliphatic carbocycles. The maximum atomic E-state index is 12.2. The number of rotatable bonds is 2. The van der Waals surface area contributed by atoms with Crippen LogP contribution in [0.4, 0.5) is 0 Å². The Morgan fingerprint density at radius 1 is 0.923 bits per heavy atom. The maximum absolute atomic E-state index is 12.2. The lowest BCUT2D eigenvalue weighted by atomic mass is 9.91. The largest absolute Gasteiger partial charge is 0.482 e. The minimum atomic E-state index is -0.437. The standard InChI is InChI=1S/C22H24O4/c1-6-7-13-12-16(23)24-19-14-8-10-21(2,3)25-18(14)15-9-11-22(4,5)26-20(15)17(13)19/h8-12H,6-7H2,1-5H3. The number of hydrogen-bond acceptors (Lipinski definition) is 4. The SMILES string of the molecule is CCCc1cc(=O)oc2c3c(c4c(c12)OC(C)(C)C=C4)OC(C)(C)C=C3. The number of fused-ring (bicyclic) bond motifs is 6. The second kappa shape index (κ2) is 5.50. The van der Waals surface area contributed by atoms with Gasteiger partial charge in [0.15, 0.2) is 5.58 Å². The van der Waals surface area contributed by atoms with E-state index in [1.807, 2.05) is 45.9 Å². The van der Waals surface area contributed by atoms with Crippen molar-refractivity contribution in [2.75, 3.05) is 0 Å². The van der Waals surface area contributed by atoms with Gasteiger partial charge in [0.1, 0.15) is 22.7 Å². The molecule has 0 saturated carbocycles. The zero-order chi connectivity index (χ0) is 18.7. The number of aryl methyl sites for hydroxylation is 1. The van der Waals surface area contributed by atoms with Crippen molar-refractivity contribution in [2.24, 2.45) is 0 Å². The second-order valence-electron chi connectivity index (χ2n) is 8.11. The Morgan fingerprint density at radius 3 is 2.19 bits per heavy atom. The molecule has 0 unspecified atom stereocenters. The van der Waals surface area contributed by atoms with Crippen LogP contribution in [-0.2, 0) is 6.42 Å². The summed E-state index contributed by atoms with van der Waals surface area (Å²) < 4.78 is 18.3. The summed E-state index contributed by atoms with van der Waals surface area (Å²) in [5, 5.41) is 0.880.